The van der Waals surface area contributed by atoms with E-state index >= 15 is 0 Å². The zero-order valence-corrected chi connectivity index (χ0v) is 14.3. The monoisotopic (exact) mass is 359 g/mol. The summed E-state index contributed by atoms with van der Waals surface area (Å²) in [4.78, 5) is 12.9. The van der Waals surface area contributed by atoms with Gasteiger partial charge in [-0.3, -0.25) is 4.79 Å². The average Bonchev–Trinajstić information content (AvgIpc) is 2.84. The first-order chi connectivity index (χ1) is 11.3. The van der Waals surface area contributed by atoms with E-state index in [-0.39, 0.29) is 22.1 Å². The summed E-state index contributed by atoms with van der Waals surface area (Å²) in [7, 11) is 1.29. The summed E-state index contributed by atoms with van der Waals surface area (Å²) in [5.41, 5.74) is -0.215. The fourth-order valence-electron chi connectivity index (χ4n) is 5.42. The highest BCUT2D eigenvalue weighted by molar-refractivity contribution is 7.99. The van der Waals surface area contributed by atoms with Crippen molar-refractivity contribution < 1.29 is 18.0 Å². The second kappa shape index (κ2) is 5.47. The molecule has 0 aromatic carbocycles. The lowest BCUT2D eigenvalue weighted by atomic mass is 9.48. The SMILES string of the molecule is Cn1c(SCC(=O)C23CC4CC(CC(C4)C2)C3)nnc1C(F)(F)F. The van der Waals surface area contributed by atoms with Crippen molar-refractivity contribution in [1.82, 2.24) is 14.8 Å². The Bertz CT molecular complexity index is 635. The summed E-state index contributed by atoms with van der Waals surface area (Å²) in [5, 5.41) is 6.97. The van der Waals surface area contributed by atoms with Crippen LogP contribution in [-0.4, -0.2) is 26.3 Å². The number of hydrogen-bond acceptors (Lipinski definition) is 4. The van der Waals surface area contributed by atoms with Crippen LogP contribution in [0.4, 0.5) is 13.2 Å². The average molecular weight is 359 g/mol. The summed E-state index contributed by atoms with van der Waals surface area (Å²) < 4.78 is 39.2. The molecule has 0 saturated heterocycles. The minimum Gasteiger partial charge on any atom is -0.302 e. The molecule has 4 nitrogen and oxygen atoms in total. The Balaban J connectivity index is 1.45. The number of carbonyl (C=O) groups excluding carboxylic acids is 1. The lowest BCUT2D eigenvalue weighted by molar-refractivity contribution is -0.147. The maximum absolute atomic E-state index is 12.9. The molecule has 1 aromatic rings. The van der Waals surface area contributed by atoms with E-state index in [1.165, 1.54) is 26.3 Å². The molecule has 4 aliphatic rings. The number of rotatable bonds is 4. The van der Waals surface area contributed by atoms with Crippen LogP contribution in [0.2, 0.25) is 0 Å². The first-order valence-corrected chi connectivity index (χ1v) is 9.38. The van der Waals surface area contributed by atoms with Crippen LogP contribution in [0.5, 0.6) is 0 Å². The third kappa shape index (κ3) is 2.66. The van der Waals surface area contributed by atoms with Crippen molar-refractivity contribution in [2.24, 2.45) is 30.2 Å². The van der Waals surface area contributed by atoms with E-state index in [1.807, 2.05) is 0 Å². The number of Topliss-reactive ketones (excluding diaryl/α,β-unsaturated/α-hetero) is 1. The molecule has 0 amide bonds. The van der Waals surface area contributed by atoms with Crippen LogP contribution in [0.15, 0.2) is 5.16 Å². The molecule has 4 bridgehead atoms. The molecule has 1 aromatic heterocycles. The normalized spacial score (nSPS) is 34.8. The van der Waals surface area contributed by atoms with Crippen molar-refractivity contribution in [1.29, 1.82) is 0 Å². The van der Waals surface area contributed by atoms with Gasteiger partial charge in [0.25, 0.3) is 0 Å². The number of carbonyl (C=O) groups is 1. The molecule has 0 aliphatic heterocycles. The Morgan fingerprint density at radius 1 is 1.17 bits per heavy atom. The predicted octanol–water partition coefficient (Wildman–Crippen LogP) is 3.71. The zero-order chi connectivity index (χ0) is 17.1. The van der Waals surface area contributed by atoms with Crippen LogP contribution in [-0.2, 0) is 18.0 Å². The van der Waals surface area contributed by atoms with Crippen molar-refractivity contribution in [3.8, 4) is 0 Å². The number of nitrogens with zero attached hydrogens (tertiary/aromatic N) is 3. The molecule has 132 valence electrons. The first kappa shape index (κ1) is 16.4. The van der Waals surface area contributed by atoms with Gasteiger partial charge in [0.15, 0.2) is 5.16 Å². The zero-order valence-electron chi connectivity index (χ0n) is 13.5. The van der Waals surface area contributed by atoms with Crippen LogP contribution in [0.3, 0.4) is 0 Å². The highest BCUT2D eigenvalue weighted by Gasteiger charge is 2.54. The van der Waals surface area contributed by atoms with E-state index in [1.54, 1.807) is 0 Å². The predicted molar refractivity (Wildman–Crippen MR) is 82.3 cm³/mol. The highest BCUT2D eigenvalue weighted by atomic mass is 32.2. The minimum atomic E-state index is -4.52. The second-order valence-corrected chi connectivity index (χ2v) is 8.72. The molecule has 4 fully saturated rings. The number of ketones is 1. The number of hydrogen-bond donors (Lipinski definition) is 0. The summed E-state index contributed by atoms with van der Waals surface area (Å²) in [6.07, 6.45) is 2.19. The standard InChI is InChI=1S/C16H20F3N3OS/c1-22-13(16(17,18)19)20-21-14(22)24-8-12(23)15-5-9-2-10(6-15)4-11(3-9)7-15/h9-11H,2-8H2,1H3. The van der Waals surface area contributed by atoms with Crippen LogP contribution in [0.25, 0.3) is 0 Å². The van der Waals surface area contributed by atoms with Crippen LogP contribution in [0.1, 0.15) is 44.3 Å². The molecular formula is C16H20F3N3OS. The molecule has 0 spiro atoms. The quantitative estimate of drug-likeness (QED) is 0.769. The van der Waals surface area contributed by atoms with Crippen molar-refractivity contribution in [3.63, 3.8) is 0 Å². The van der Waals surface area contributed by atoms with Gasteiger partial charge < -0.3 is 4.57 Å². The van der Waals surface area contributed by atoms with E-state index in [9.17, 15) is 18.0 Å². The molecule has 1 heterocycles. The topological polar surface area (TPSA) is 47.8 Å². The van der Waals surface area contributed by atoms with Gasteiger partial charge in [-0.05, 0) is 56.3 Å². The Morgan fingerprint density at radius 3 is 2.17 bits per heavy atom. The van der Waals surface area contributed by atoms with E-state index in [0.717, 1.165) is 35.6 Å². The highest BCUT2D eigenvalue weighted by Crippen LogP contribution is 2.60. The fourth-order valence-corrected chi connectivity index (χ4v) is 6.37. The van der Waals surface area contributed by atoms with Crippen molar-refractivity contribution in [2.75, 3.05) is 5.75 Å². The Morgan fingerprint density at radius 2 is 1.71 bits per heavy atom. The van der Waals surface area contributed by atoms with E-state index in [0.29, 0.717) is 17.8 Å². The van der Waals surface area contributed by atoms with Crippen molar-refractivity contribution in [3.05, 3.63) is 5.82 Å². The van der Waals surface area contributed by atoms with Gasteiger partial charge in [-0.1, -0.05) is 11.8 Å². The van der Waals surface area contributed by atoms with Gasteiger partial charge in [-0.2, -0.15) is 13.2 Å². The summed E-state index contributed by atoms with van der Waals surface area (Å²) >= 11 is 1.08. The molecular weight excluding hydrogens is 339 g/mol. The fraction of sp³-hybridized carbons (Fsp3) is 0.812. The lowest BCUT2D eigenvalue weighted by Gasteiger charge is -2.56. The van der Waals surface area contributed by atoms with Crippen LogP contribution < -0.4 is 0 Å². The van der Waals surface area contributed by atoms with Gasteiger partial charge in [0.1, 0.15) is 5.78 Å². The van der Waals surface area contributed by atoms with Gasteiger partial charge in [0, 0.05) is 12.5 Å². The molecule has 4 aliphatic carbocycles. The third-order valence-electron chi connectivity index (χ3n) is 6.05. The minimum absolute atomic E-state index is 0.153. The molecule has 0 atom stereocenters. The van der Waals surface area contributed by atoms with Crippen molar-refractivity contribution in [2.45, 2.75) is 49.9 Å². The molecule has 0 unspecified atom stereocenters. The summed E-state index contributed by atoms with van der Waals surface area (Å²) in [5.74, 6) is 1.40. The van der Waals surface area contributed by atoms with Gasteiger partial charge in [0.2, 0.25) is 5.82 Å². The second-order valence-electron chi connectivity index (χ2n) is 7.77. The molecule has 0 radical (unpaired) electrons. The Kier molecular flexibility index (Phi) is 3.75. The van der Waals surface area contributed by atoms with E-state index in [4.69, 9.17) is 0 Å². The summed E-state index contributed by atoms with van der Waals surface area (Å²) in [6.45, 7) is 0. The number of thioether (sulfide) groups is 1. The van der Waals surface area contributed by atoms with E-state index < -0.39 is 12.0 Å². The number of aromatic nitrogens is 3. The van der Waals surface area contributed by atoms with Gasteiger partial charge in [-0.25, -0.2) is 0 Å². The number of halogens is 3. The van der Waals surface area contributed by atoms with Gasteiger partial charge in [-0.15, -0.1) is 10.2 Å². The smallest absolute Gasteiger partial charge is 0.302 e. The first-order valence-electron chi connectivity index (χ1n) is 8.39. The molecule has 4 saturated carbocycles. The Labute approximate surface area is 142 Å². The van der Waals surface area contributed by atoms with Crippen molar-refractivity contribution >= 4 is 17.5 Å². The summed E-state index contributed by atoms with van der Waals surface area (Å²) in [6, 6.07) is 0. The maximum atomic E-state index is 12.9. The molecule has 24 heavy (non-hydrogen) atoms. The largest absolute Gasteiger partial charge is 0.451 e. The van der Waals surface area contributed by atoms with E-state index in [2.05, 4.69) is 10.2 Å². The Hall–Kier alpha value is -1.05. The molecule has 0 N–H and O–H groups in total. The molecule has 8 heteroatoms. The van der Waals surface area contributed by atoms with Gasteiger partial charge >= 0.3 is 6.18 Å². The molecule has 5 rings (SSSR count). The third-order valence-corrected chi connectivity index (χ3v) is 7.07. The lowest BCUT2D eigenvalue weighted by Crippen LogP contribution is -2.50. The van der Waals surface area contributed by atoms with Crippen LogP contribution in [0, 0.1) is 23.2 Å². The van der Waals surface area contributed by atoms with Gasteiger partial charge in [0.05, 0.1) is 5.75 Å². The maximum Gasteiger partial charge on any atom is 0.451 e. The van der Waals surface area contributed by atoms with Crippen LogP contribution >= 0.6 is 11.8 Å². The number of alkyl halides is 3.